The van der Waals surface area contributed by atoms with Gasteiger partial charge in [-0.25, -0.2) is 4.79 Å². The number of carboxylic acid groups (broad SMARTS) is 1. The SMILES string of the molecule is C[C@H](c1cccc2ccccc12)N(CC1CNCC1Cc1ccccc1)C(=O)O. The molecule has 0 radical (unpaired) electrons. The van der Waals surface area contributed by atoms with Crippen molar-refractivity contribution in [1.82, 2.24) is 10.2 Å². The highest BCUT2D eigenvalue weighted by Crippen LogP contribution is 2.31. The van der Waals surface area contributed by atoms with Gasteiger partial charge in [0.15, 0.2) is 0 Å². The Hall–Kier alpha value is -2.85. The maximum absolute atomic E-state index is 12.2. The molecule has 1 amide bonds. The van der Waals surface area contributed by atoms with E-state index in [9.17, 15) is 9.90 Å². The second-order valence-corrected chi connectivity index (χ2v) is 8.05. The van der Waals surface area contributed by atoms with E-state index in [1.165, 1.54) is 5.56 Å². The van der Waals surface area contributed by atoms with Crippen LogP contribution in [0.15, 0.2) is 72.8 Å². The summed E-state index contributed by atoms with van der Waals surface area (Å²) in [5.74, 6) is 0.753. The van der Waals surface area contributed by atoms with Gasteiger partial charge < -0.3 is 15.3 Å². The molecule has 4 nitrogen and oxygen atoms in total. The van der Waals surface area contributed by atoms with Crippen molar-refractivity contribution in [3.8, 4) is 0 Å². The fraction of sp³-hybridized carbons (Fsp3) is 0.320. The molecule has 3 aromatic carbocycles. The Kier molecular flexibility index (Phi) is 5.81. The van der Waals surface area contributed by atoms with Gasteiger partial charge in [0.2, 0.25) is 0 Å². The molecule has 0 bridgehead atoms. The number of nitrogens with one attached hydrogen (secondary N) is 1. The summed E-state index contributed by atoms with van der Waals surface area (Å²) in [4.78, 5) is 13.8. The van der Waals surface area contributed by atoms with Gasteiger partial charge in [0, 0.05) is 6.54 Å². The van der Waals surface area contributed by atoms with Crippen LogP contribution >= 0.6 is 0 Å². The number of rotatable bonds is 6. The molecule has 1 heterocycles. The van der Waals surface area contributed by atoms with E-state index in [1.54, 1.807) is 4.90 Å². The lowest BCUT2D eigenvalue weighted by Gasteiger charge is -2.31. The summed E-state index contributed by atoms with van der Waals surface area (Å²) in [6.07, 6.45) is 0.130. The summed E-state index contributed by atoms with van der Waals surface area (Å²) >= 11 is 0. The van der Waals surface area contributed by atoms with Gasteiger partial charge in [-0.15, -0.1) is 0 Å². The molecule has 0 saturated carbocycles. The summed E-state index contributed by atoms with van der Waals surface area (Å²) in [6, 6.07) is 24.6. The van der Waals surface area contributed by atoms with Gasteiger partial charge in [-0.1, -0.05) is 72.8 Å². The van der Waals surface area contributed by atoms with Gasteiger partial charge >= 0.3 is 6.09 Å². The highest BCUT2D eigenvalue weighted by Gasteiger charge is 2.32. The largest absolute Gasteiger partial charge is 0.465 e. The van der Waals surface area contributed by atoms with E-state index in [0.717, 1.165) is 35.8 Å². The fourth-order valence-electron chi connectivity index (χ4n) is 4.59. The average molecular weight is 389 g/mol. The molecule has 1 saturated heterocycles. The van der Waals surface area contributed by atoms with E-state index in [2.05, 4.69) is 53.8 Å². The zero-order chi connectivity index (χ0) is 20.2. The molecule has 1 aliphatic rings. The predicted molar refractivity (Wildman–Crippen MR) is 117 cm³/mol. The third-order valence-corrected chi connectivity index (χ3v) is 6.24. The number of fused-ring (bicyclic) bond motifs is 1. The van der Waals surface area contributed by atoms with Crippen LogP contribution in [0.4, 0.5) is 4.79 Å². The molecule has 0 aliphatic carbocycles. The van der Waals surface area contributed by atoms with Crippen LogP contribution in [-0.2, 0) is 6.42 Å². The van der Waals surface area contributed by atoms with Crippen molar-refractivity contribution in [2.24, 2.45) is 11.8 Å². The molecule has 2 unspecified atom stereocenters. The zero-order valence-electron chi connectivity index (χ0n) is 16.8. The first-order chi connectivity index (χ1) is 14.1. The van der Waals surface area contributed by atoms with Crippen molar-refractivity contribution < 1.29 is 9.90 Å². The van der Waals surface area contributed by atoms with E-state index in [0.29, 0.717) is 18.4 Å². The minimum absolute atomic E-state index is 0.198. The van der Waals surface area contributed by atoms with Crippen molar-refractivity contribution >= 4 is 16.9 Å². The normalized spacial score (nSPS) is 19.9. The Labute approximate surface area is 172 Å². The van der Waals surface area contributed by atoms with E-state index < -0.39 is 6.09 Å². The molecular weight excluding hydrogens is 360 g/mol. The molecule has 1 fully saturated rings. The van der Waals surface area contributed by atoms with Gasteiger partial charge in [-0.2, -0.15) is 0 Å². The average Bonchev–Trinajstić information content (AvgIpc) is 3.18. The van der Waals surface area contributed by atoms with Crippen LogP contribution in [-0.4, -0.2) is 35.7 Å². The van der Waals surface area contributed by atoms with Gasteiger partial charge in [0.05, 0.1) is 6.04 Å². The predicted octanol–water partition coefficient (Wildman–Crippen LogP) is 4.96. The molecule has 0 spiro atoms. The maximum Gasteiger partial charge on any atom is 0.407 e. The van der Waals surface area contributed by atoms with Crippen molar-refractivity contribution in [2.45, 2.75) is 19.4 Å². The molecule has 3 atom stereocenters. The van der Waals surface area contributed by atoms with E-state index >= 15 is 0 Å². The Balaban J connectivity index is 1.55. The van der Waals surface area contributed by atoms with Crippen molar-refractivity contribution in [3.63, 3.8) is 0 Å². The lowest BCUT2D eigenvalue weighted by Crippen LogP contribution is -2.39. The van der Waals surface area contributed by atoms with Crippen molar-refractivity contribution in [1.29, 1.82) is 0 Å². The van der Waals surface area contributed by atoms with Crippen molar-refractivity contribution in [2.75, 3.05) is 19.6 Å². The van der Waals surface area contributed by atoms with Crippen LogP contribution in [0.2, 0.25) is 0 Å². The van der Waals surface area contributed by atoms with E-state index in [4.69, 9.17) is 0 Å². The Morgan fingerprint density at radius 1 is 1.00 bits per heavy atom. The Bertz CT molecular complexity index is 967. The molecule has 29 heavy (non-hydrogen) atoms. The number of hydrogen-bond donors (Lipinski definition) is 2. The molecule has 150 valence electrons. The molecule has 4 rings (SSSR count). The molecular formula is C25H28N2O2. The van der Waals surface area contributed by atoms with Crippen molar-refractivity contribution in [3.05, 3.63) is 83.9 Å². The fourth-order valence-corrected chi connectivity index (χ4v) is 4.59. The van der Waals surface area contributed by atoms with Crippen LogP contribution in [0.5, 0.6) is 0 Å². The minimum Gasteiger partial charge on any atom is -0.465 e. The van der Waals surface area contributed by atoms with Crippen LogP contribution in [0.25, 0.3) is 10.8 Å². The summed E-state index contributed by atoms with van der Waals surface area (Å²) in [5.41, 5.74) is 2.38. The van der Waals surface area contributed by atoms with Gasteiger partial charge in [-0.3, -0.25) is 0 Å². The van der Waals surface area contributed by atoms with Gasteiger partial charge in [0.1, 0.15) is 0 Å². The standard InChI is InChI=1S/C25H28N2O2/c1-18(23-13-7-11-20-10-5-6-12-24(20)23)27(25(28)29)17-22-16-26-15-21(22)14-19-8-3-2-4-9-19/h2-13,18,21-22,26H,14-17H2,1H3,(H,28,29)/t18-,21?,22?/m1/s1. The summed E-state index contributed by atoms with van der Waals surface area (Å²) < 4.78 is 0. The lowest BCUT2D eigenvalue weighted by atomic mass is 9.88. The molecule has 0 aromatic heterocycles. The number of amides is 1. The highest BCUT2D eigenvalue weighted by atomic mass is 16.4. The van der Waals surface area contributed by atoms with E-state index in [1.807, 2.05) is 31.2 Å². The first-order valence-corrected chi connectivity index (χ1v) is 10.4. The molecule has 4 heteroatoms. The third-order valence-electron chi connectivity index (χ3n) is 6.24. The monoisotopic (exact) mass is 388 g/mol. The second-order valence-electron chi connectivity index (χ2n) is 8.05. The molecule has 2 N–H and O–H groups in total. The smallest absolute Gasteiger partial charge is 0.407 e. The maximum atomic E-state index is 12.2. The van der Waals surface area contributed by atoms with Crippen LogP contribution in [0, 0.1) is 11.8 Å². The molecule has 1 aliphatic heterocycles. The van der Waals surface area contributed by atoms with Crippen LogP contribution in [0.1, 0.15) is 24.1 Å². The van der Waals surface area contributed by atoms with Gasteiger partial charge in [-0.05, 0) is 60.2 Å². The second kappa shape index (κ2) is 8.66. The minimum atomic E-state index is -0.851. The topological polar surface area (TPSA) is 52.6 Å². The molecule has 3 aromatic rings. The number of carbonyl (C=O) groups is 1. The van der Waals surface area contributed by atoms with E-state index in [-0.39, 0.29) is 6.04 Å². The summed E-state index contributed by atoms with van der Waals surface area (Å²) in [7, 11) is 0. The number of nitrogens with zero attached hydrogens (tertiary/aromatic N) is 1. The summed E-state index contributed by atoms with van der Waals surface area (Å²) in [6.45, 7) is 4.36. The quantitative estimate of drug-likeness (QED) is 0.628. The Morgan fingerprint density at radius 2 is 1.69 bits per heavy atom. The lowest BCUT2D eigenvalue weighted by molar-refractivity contribution is 0.115. The first kappa shape index (κ1) is 19.5. The van der Waals surface area contributed by atoms with Crippen LogP contribution in [0.3, 0.4) is 0 Å². The number of hydrogen-bond acceptors (Lipinski definition) is 2. The summed E-state index contributed by atoms with van der Waals surface area (Å²) in [5, 5.41) is 15.8. The Morgan fingerprint density at radius 3 is 2.48 bits per heavy atom. The van der Waals surface area contributed by atoms with Gasteiger partial charge in [0.25, 0.3) is 0 Å². The zero-order valence-corrected chi connectivity index (χ0v) is 16.8. The first-order valence-electron chi connectivity index (χ1n) is 10.4. The highest BCUT2D eigenvalue weighted by molar-refractivity contribution is 5.86. The third kappa shape index (κ3) is 4.28. The number of benzene rings is 3. The van der Waals surface area contributed by atoms with Crippen LogP contribution < -0.4 is 5.32 Å².